The zero-order chi connectivity index (χ0) is 18.7. The molecule has 1 amide bonds. The van der Waals surface area contributed by atoms with Gasteiger partial charge in [0.1, 0.15) is 6.07 Å². The fraction of sp³-hybridized carbons (Fsp3) is 0.579. The molecule has 0 radical (unpaired) electrons. The van der Waals surface area contributed by atoms with Gasteiger partial charge in [-0.1, -0.05) is 12.1 Å². The lowest BCUT2D eigenvalue weighted by atomic mass is 9.94. The van der Waals surface area contributed by atoms with Crippen molar-refractivity contribution in [2.75, 3.05) is 19.6 Å². The van der Waals surface area contributed by atoms with Crippen LogP contribution in [-0.4, -0.2) is 49.2 Å². The van der Waals surface area contributed by atoms with Crippen LogP contribution in [-0.2, 0) is 14.8 Å². The van der Waals surface area contributed by atoms with E-state index in [9.17, 15) is 18.5 Å². The maximum absolute atomic E-state index is 12.9. The summed E-state index contributed by atoms with van der Waals surface area (Å²) >= 11 is 0. The molecule has 1 aromatic rings. The van der Waals surface area contributed by atoms with E-state index in [1.165, 1.54) is 22.9 Å². The Morgan fingerprint density at radius 2 is 1.81 bits per heavy atom. The lowest BCUT2D eigenvalue weighted by Gasteiger charge is -2.38. The standard InChI is InChI=1S/C19H25N3O3S/c1-15-6-4-5-11-22(15)19(23)16-9-12-21(13-10-16)26(24,25)18-8-3-2-7-17(18)14-20/h2-3,7-8,15-16H,4-6,9-13H2,1H3/t15-/m1/s1. The number of nitrogens with zero attached hydrogens (tertiary/aromatic N) is 3. The second kappa shape index (κ2) is 7.77. The SMILES string of the molecule is C[C@@H]1CCCCN1C(=O)C1CCN(S(=O)(=O)c2ccccc2C#N)CC1. The molecule has 0 aromatic heterocycles. The maximum Gasteiger partial charge on any atom is 0.244 e. The molecule has 3 rings (SSSR count). The molecule has 0 unspecified atom stereocenters. The third kappa shape index (κ3) is 3.62. The minimum atomic E-state index is -3.70. The number of sulfonamides is 1. The van der Waals surface area contributed by atoms with Crippen LogP contribution in [0, 0.1) is 17.2 Å². The summed E-state index contributed by atoms with van der Waals surface area (Å²) in [5.74, 6) is 0.0693. The Labute approximate surface area is 155 Å². The molecular formula is C19H25N3O3S. The minimum Gasteiger partial charge on any atom is -0.340 e. The Kier molecular flexibility index (Phi) is 5.64. The van der Waals surface area contributed by atoms with Crippen molar-refractivity contribution in [1.82, 2.24) is 9.21 Å². The smallest absolute Gasteiger partial charge is 0.244 e. The first-order valence-corrected chi connectivity index (χ1v) is 10.7. The molecule has 0 bridgehead atoms. The summed E-state index contributed by atoms with van der Waals surface area (Å²) in [6, 6.07) is 8.50. The molecule has 0 N–H and O–H groups in total. The molecule has 2 fully saturated rings. The Bertz CT molecular complexity index is 808. The summed E-state index contributed by atoms with van der Waals surface area (Å²) in [4.78, 5) is 14.8. The first-order chi connectivity index (χ1) is 12.4. The van der Waals surface area contributed by atoms with Gasteiger partial charge >= 0.3 is 0 Å². The highest BCUT2D eigenvalue weighted by Crippen LogP contribution is 2.28. The largest absolute Gasteiger partial charge is 0.340 e. The van der Waals surface area contributed by atoms with Crippen LogP contribution >= 0.6 is 0 Å². The van der Waals surface area contributed by atoms with Crippen LogP contribution in [0.25, 0.3) is 0 Å². The number of amides is 1. The van der Waals surface area contributed by atoms with Crippen molar-refractivity contribution in [3.63, 3.8) is 0 Å². The van der Waals surface area contributed by atoms with Gasteiger partial charge in [-0.15, -0.1) is 0 Å². The van der Waals surface area contributed by atoms with Crippen LogP contribution in [0.2, 0.25) is 0 Å². The Morgan fingerprint density at radius 3 is 2.46 bits per heavy atom. The zero-order valence-electron chi connectivity index (χ0n) is 15.1. The average Bonchev–Trinajstić information content (AvgIpc) is 2.68. The molecule has 0 spiro atoms. The van der Waals surface area contributed by atoms with Gasteiger partial charge < -0.3 is 4.90 Å². The monoisotopic (exact) mass is 375 g/mol. The van der Waals surface area contributed by atoms with Gasteiger partial charge in [-0.2, -0.15) is 9.57 Å². The van der Waals surface area contributed by atoms with Crippen molar-refractivity contribution < 1.29 is 13.2 Å². The number of hydrogen-bond acceptors (Lipinski definition) is 4. The molecular weight excluding hydrogens is 350 g/mol. The number of likely N-dealkylation sites (tertiary alicyclic amines) is 1. The van der Waals surface area contributed by atoms with E-state index in [0.29, 0.717) is 25.9 Å². The van der Waals surface area contributed by atoms with Crippen LogP contribution in [0.3, 0.4) is 0 Å². The Morgan fingerprint density at radius 1 is 1.12 bits per heavy atom. The van der Waals surface area contributed by atoms with Gasteiger partial charge in [-0.3, -0.25) is 4.79 Å². The average molecular weight is 375 g/mol. The zero-order valence-corrected chi connectivity index (χ0v) is 15.9. The molecule has 2 saturated heterocycles. The molecule has 7 heteroatoms. The van der Waals surface area contributed by atoms with Crippen molar-refractivity contribution in [1.29, 1.82) is 5.26 Å². The normalized spacial score (nSPS) is 22.8. The van der Waals surface area contributed by atoms with Crippen LogP contribution in [0.1, 0.15) is 44.6 Å². The molecule has 1 atom stereocenters. The lowest BCUT2D eigenvalue weighted by Crippen LogP contribution is -2.48. The molecule has 6 nitrogen and oxygen atoms in total. The number of carbonyl (C=O) groups is 1. The minimum absolute atomic E-state index is 0.0527. The highest BCUT2D eigenvalue weighted by molar-refractivity contribution is 7.89. The van der Waals surface area contributed by atoms with Gasteiger partial charge in [0.25, 0.3) is 0 Å². The second-order valence-corrected chi connectivity index (χ2v) is 9.07. The Hall–Kier alpha value is -1.91. The predicted molar refractivity (Wildman–Crippen MR) is 97.7 cm³/mol. The topological polar surface area (TPSA) is 81.5 Å². The van der Waals surface area contributed by atoms with E-state index in [4.69, 9.17) is 0 Å². The highest BCUT2D eigenvalue weighted by Gasteiger charge is 2.36. The number of rotatable bonds is 3. The number of nitriles is 1. The first kappa shape index (κ1) is 18.9. The summed E-state index contributed by atoms with van der Waals surface area (Å²) in [5.41, 5.74) is 0.160. The van der Waals surface area contributed by atoms with E-state index in [1.807, 2.05) is 11.0 Å². The van der Waals surface area contributed by atoms with Gasteiger partial charge in [0, 0.05) is 31.6 Å². The van der Waals surface area contributed by atoms with E-state index in [2.05, 4.69) is 6.92 Å². The van der Waals surface area contributed by atoms with Crippen molar-refractivity contribution >= 4 is 15.9 Å². The molecule has 2 aliphatic heterocycles. The number of benzene rings is 1. The van der Waals surface area contributed by atoms with Crippen LogP contribution in [0.15, 0.2) is 29.2 Å². The molecule has 140 valence electrons. The van der Waals surface area contributed by atoms with Gasteiger partial charge in [0.15, 0.2) is 0 Å². The summed E-state index contributed by atoms with van der Waals surface area (Å²) < 4.78 is 27.2. The van der Waals surface area contributed by atoms with Gasteiger partial charge in [-0.05, 0) is 51.2 Å². The van der Waals surface area contributed by atoms with Crippen molar-refractivity contribution in [3.05, 3.63) is 29.8 Å². The molecule has 2 heterocycles. The summed E-state index contributed by atoms with van der Waals surface area (Å²) in [7, 11) is -3.70. The molecule has 0 saturated carbocycles. The maximum atomic E-state index is 12.9. The number of piperidine rings is 2. The highest BCUT2D eigenvalue weighted by atomic mass is 32.2. The van der Waals surface area contributed by atoms with Crippen molar-refractivity contribution in [3.8, 4) is 6.07 Å². The molecule has 26 heavy (non-hydrogen) atoms. The summed E-state index contributed by atoms with van der Waals surface area (Å²) in [6.07, 6.45) is 4.34. The third-order valence-corrected chi connectivity index (χ3v) is 7.47. The van der Waals surface area contributed by atoms with E-state index < -0.39 is 10.0 Å². The fourth-order valence-electron chi connectivity index (χ4n) is 3.93. The second-order valence-electron chi connectivity index (χ2n) is 7.16. The quantitative estimate of drug-likeness (QED) is 0.812. The predicted octanol–water partition coefficient (Wildman–Crippen LogP) is 2.36. The van der Waals surface area contributed by atoms with Gasteiger partial charge in [0.2, 0.25) is 15.9 Å². The molecule has 2 aliphatic rings. The van der Waals surface area contributed by atoms with E-state index in [-0.39, 0.29) is 28.3 Å². The van der Waals surface area contributed by atoms with E-state index >= 15 is 0 Å². The third-order valence-electron chi connectivity index (χ3n) is 5.51. The van der Waals surface area contributed by atoms with Crippen molar-refractivity contribution in [2.24, 2.45) is 5.92 Å². The van der Waals surface area contributed by atoms with Crippen LogP contribution < -0.4 is 0 Å². The molecule has 0 aliphatic carbocycles. The first-order valence-electron chi connectivity index (χ1n) is 9.25. The van der Waals surface area contributed by atoms with E-state index in [0.717, 1.165) is 19.4 Å². The number of carbonyl (C=O) groups excluding carboxylic acids is 1. The summed E-state index contributed by atoms with van der Waals surface area (Å²) in [5, 5.41) is 9.18. The fourth-order valence-corrected chi connectivity index (χ4v) is 5.54. The number of hydrogen-bond donors (Lipinski definition) is 0. The van der Waals surface area contributed by atoms with E-state index in [1.54, 1.807) is 12.1 Å². The van der Waals surface area contributed by atoms with Gasteiger partial charge in [-0.25, -0.2) is 8.42 Å². The van der Waals surface area contributed by atoms with Gasteiger partial charge in [0.05, 0.1) is 10.5 Å². The molecule has 1 aromatic carbocycles. The van der Waals surface area contributed by atoms with Crippen molar-refractivity contribution in [2.45, 2.75) is 50.0 Å². The Balaban J connectivity index is 1.68. The van der Waals surface area contributed by atoms with Crippen LogP contribution in [0.4, 0.5) is 0 Å². The summed E-state index contributed by atoms with van der Waals surface area (Å²) in [6.45, 7) is 3.55. The van der Waals surface area contributed by atoms with Crippen LogP contribution in [0.5, 0.6) is 0 Å². The lowest BCUT2D eigenvalue weighted by molar-refractivity contribution is -0.140.